The van der Waals surface area contributed by atoms with Gasteiger partial charge in [0.1, 0.15) is 0 Å². The standard InChI is InChI=1S/C15H26N2O.ClH/c1-2-16-10-11-6-8-17(9-7-11)15(18)14-12-4-3-5-13(12)14;/h11-14,16H,2-10H2,1H3;1H. The van der Waals surface area contributed by atoms with E-state index in [-0.39, 0.29) is 12.4 Å². The molecule has 4 heteroatoms. The van der Waals surface area contributed by atoms with Crippen molar-refractivity contribution in [1.82, 2.24) is 10.2 Å². The van der Waals surface area contributed by atoms with E-state index in [1.165, 1.54) is 32.1 Å². The Hall–Kier alpha value is -0.280. The van der Waals surface area contributed by atoms with Gasteiger partial charge in [-0.15, -0.1) is 12.4 Å². The maximum atomic E-state index is 12.4. The van der Waals surface area contributed by atoms with Gasteiger partial charge >= 0.3 is 0 Å². The second kappa shape index (κ2) is 6.45. The monoisotopic (exact) mass is 286 g/mol. The van der Waals surface area contributed by atoms with Crippen molar-refractivity contribution in [3.8, 4) is 0 Å². The number of amides is 1. The molecule has 0 spiro atoms. The molecule has 19 heavy (non-hydrogen) atoms. The molecule has 110 valence electrons. The fourth-order valence-electron chi connectivity index (χ4n) is 4.10. The summed E-state index contributed by atoms with van der Waals surface area (Å²) in [7, 11) is 0. The van der Waals surface area contributed by atoms with E-state index in [9.17, 15) is 4.79 Å². The van der Waals surface area contributed by atoms with Crippen LogP contribution in [0.15, 0.2) is 0 Å². The van der Waals surface area contributed by atoms with Crippen molar-refractivity contribution in [3.05, 3.63) is 0 Å². The van der Waals surface area contributed by atoms with Gasteiger partial charge in [0.15, 0.2) is 0 Å². The molecule has 3 fully saturated rings. The zero-order valence-corrected chi connectivity index (χ0v) is 12.8. The Balaban J connectivity index is 0.00000133. The van der Waals surface area contributed by atoms with Crippen LogP contribution in [0.4, 0.5) is 0 Å². The normalized spacial score (nSPS) is 33.7. The van der Waals surface area contributed by atoms with E-state index in [1.807, 2.05) is 0 Å². The lowest BCUT2D eigenvalue weighted by atomic mass is 9.96. The van der Waals surface area contributed by atoms with Gasteiger partial charge in [-0.1, -0.05) is 13.3 Å². The third-order valence-electron chi connectivity index (χ3n) is 5.30. The van der Waals surface area contributed by atoms with E-state index in [0.717, 1.165) is 43.9 Å². The van der Waals surface area contributed by atoms with Crippen LogP contribution in [0.25, 0.3) is 0 Å². The summed E-state index contributed by atoms with van der Waals surface area (Å²) in [4.78, 5) is 14.6. The fraction of sp³-hybridized carbons (Fsp3) is 0.933. The quantitative estimate of drug-likeness (QED) is 0.860. The first-order valence-electron chi connectivity index (χ1n) is 7.80. The van der Waals surface area contributed by atoms with Gasteiger partial charge in [0.2, 0.25) is 5.91 Å². The highest BCUT2D eigenvalue weighted by Crippen LogP contribution is 2.58. The van der Waals surface area contributed by atoms with Crippen LogP contribution in [0.3, 0.4) is 0 Å². The van der Waals surface area contributed by atoms with Gasteiger partial charge in [-0.25, -0.2) is 0 Å². The topological polar surface area (TPSA) is 32.3 Å². The minimum absolute atomic E-state index is 0. The van der Waals surface area contributed by atoms with Crippen LogP contribution in [0, 0.1) is 23.7 Å². The molecule has 3 nitrogen and oxygen atoms in total. The third-order valence-corrected chi connectivity index (χ3v) is 5.30. The largest absolute Gasteiger partial charge is 0.342 e. The van der Waals surface area contributed by atoms with Gasteiger partial charge in [0, 0.05) is 19.0 Å². The molecule has 0 aromatic rings. The van der Waals surface area contributed by atoms with Gasteiger partial charge in [-0.3, -0.25) is 4.79 Å². The van der Waals surface area contributed by atoms with Crippen LogP contribution in [-0.4, -0.2) is 37.0 Å². The van der Waals surface area contributed by atoms with E-state index in [2.05, 4.69) is 17.1 Å². The predicted molar refractivity (Wildman–Crippen MR) is 79.4 cm³/mol. The van der Waals surface area contributed by atoms with Crippen LogP contribution in [0.2, 0.25) is 0 Å². The molecule has 1 N–H and O–H groups in total. The average molecular weight is 287 g/mol. The molecular formula is C15H27ClN2O. The minimum atomic E-state index is 0. The first-order chi connectivity index (χ1) is 8.81. The number of hydrogen-bond donors (Lipinski definition) is 1. The highest BCUT2D eigenvalue weighted by Gasteiger charge is 2.57. The molecule has 2 atom stereocenters. The van der Waals surface area contributed by atoms with E-state index < -0.39 is 0 Å². The molecule has 1 aliphatic heterocycles. The van der Waals surface area contributed by atoms with E-state index >= 15 is 0 Å². The molecule has 1 saturated heterocycles. The Morgan fingerprint density at radius 1 is 1.16 bits per heavy atom. The Kier molecular flexibility index (Phi) is 5.13. The molecule has 1 heterocycles. The lowest BCUT2D eigenvalue weighted by molar-refractivity contribution is -0.134. The summed E-state index contributed by atoms with van der Waals surface area (Å²) in [5.74, 6) is 3.26. The van der Waals surface area contributed by atoms with E-state index in [1.54, 1.807) is 0 Å². The number of carbonyl (C=O) groups is 1. The zero-order valence-electron chi connectivity index (χ0n) is 11.9. The summed E-state index contributed by atoms with van der Waals surface area (Å²) in [6.45, 7) is 6.36. The molecule has 2 unspecified atom stereocenters. The zero-order chi connectivity index (χ0) is 12.5. The van der Waals surface area contributed by atoms with Gasteiger partial charge in [-0.05, 0) is 56.5 Å². The number of fused-ring (bicyclic) bond motifs is 1. The van der Waals surface area contributed by atoms with E-state index in [0.29, 0.717) is 11.8 Å². The maximum absolute atomic E-state index is 12.4. The lowest BCUT2D eigenvalue weighted by Gasteiger charge is -2.32. The second-order valence-corrected chi connectivity index (χ2v) is 6.36. The molecule has 0 radical (unpaired) electrons. The highest BCUT2D eigenvalue weighted by atomic mass is 35.5. The second-order valence-electron chi connectivity index (χ2n) is 6.36. The molecule has 0 aromatic heterocycles. The highest BCUT2D eigenvalue weighted by molar-refractivity contribution is 5.85. The number of hydrogen-bond acceptors (Lipinski definition) is 2. The Morgan fingerprint density at radius 3 is 2.37 bits per heavy atom. The van der Waals surface area contributed by atoms with Gasteiger partial charge in [0.25, 0.3) is 0 Å². The summed E-state index contributed by atoms with van der Waals surface area (Å²) >= 11 is 0. The fourth-order valence-corrected chi connectivity index (χ4v) is 4.10. The summed E-state index contributed by atoms with van der Waals surface area (Å²) in [6.07, 6.45) is 6.39. The number of halogens is 1. The minimum Gasteiger partial charge on any atom is -0.342 e. The Labute approximate surface area is 122 Å². The first-order valence-corrected chi connectivity index (χ1v) is 7.80. The Bertz CT molecular complexity index is 305. The number of rotatable bonds is 4. The number of likely N-dealkylation sites (tertiary alicyclic amines) is 1. The Morgan fingerprint density at radius 2 is 1.79 bits per heavy atom. The summed E-state index contributed by atoms with van der Waals surface area (Å²) in [5, 5.41) is 3.43. The van der Waals surface area contributed by atoms with Crippen LogP contribution in [0.5, 0.6) is 0 Å². The molecule has 0 bridgehead atoms. The molecule has 1 amide bonds. The maximum Gasteiger partial charge on any atom is 0.226 e. The van der Waals surface area contributed by atoms with Crippen LogP contribution in [0.1, 0.15) is 39.0 Å². The molecule has 3 aliphatic rings. The van der Waals surface area contributed by atoms with Crippen molar-refractivity contribution in [2.45, 2.75) is 39.0 Å². The summed E-state index contributed by atoms with van der Waals surface area (Å²) in [6, 6.07) is 0. The number of nitrogens with one attached hydrogen (secondary N) is 1. The molecule has 3 rings (SSSR count). The predicted octanol–water partition coefficient (Wildman–Crippen LogP) is 2.30. The van der Waals surface area contributed by atoms with Crippen molar-refractivity contribution in [2.75, 3.05) is 26.2 Å². The molecular weight excluding hydrogens is 260 g/mol. The number of nitrogens with zero attached hydrogens (tertiary/aromatic N) is 1. The van der Waals surface area contributed by atoms with Crippen LogP contribution >= 0.6 is 12.4 Å². The smallest absolute Gasteiger partial charge is 0.226 e. The summed E-state index contributed by atoms with van der Waals surface area (Å²) in [5.41, 5.74) is 0. The molecule has 2 aliphatic carbocycles. The van der Waals surface area contributed by atoms with Crippen molar-refractivity contribution in [2.24, 2.45) is 23.7 Å². The van der Waals surface area contributed by atoms with Crippen molar-refractivity contribution in [3.63, 3.8) is 0 Å². The van der Waals surface area contributed by atoms with Gasteiger partial charge in [-0.2, -0.15) is 0 Å². The van der Waals surface area contributed by atoms with Crippen molar-refractivity contribution in [1.29, 1.82) is 0 Å². The molecule has 0 aromatic carbocycles. The SMILES string of the molecule is CCNCC1CCN(C(=O)C2C3CCCC32)CC1.Cl. The third kappa shape index (κ3) is 3.08. The first kappa shape index (κ1) is 15.1. The lowest BCUT2D eigenvalue weighted by Crippen LogP contribution is -2.42. The van der Waals surface area contributed by atoms with Crippen LogP contribution < -0.4 is 5.32 Å². The molecule has 2 saturated carbocycles. The average Bonchev–Trinajstić information content (AvgIpc) is 2.88. The van der Waals surface area contributed by atoms with E-state index in [4.69, 9.17) is 0 Å². The van der Waals surface area contributed by atoms with Crippen LogP contribution in [-0.2, 0) is 4.79 Å². The van der Waals surface area contributed by atoms with Crippen molar-refractivity contribution < 1.29 is 4.79 Å². The van der Waals surface area contributed by atoms with Crippen molar-refractivity contribution >= 4 is 18.3 Å². The van der Waals surface area contributed by atoms with Gasteiger partial charge < -0.3 is 10.2 Å². The summed E-state index contributed by atoms with van der Waals surface area (Å²) < 4.78 is 0. The number of carbonyl (C=O) groups excluding carboxylic acids is 1. The number of piperidine rings is 1. The van der Waals surface area contributed by atoms with Gasteiger partial charge in [0.05, 0.1) is 0 Å².